The molecule has 0 saturated carbocycles. The van der Waals surface area contributed by atoms with E-state index < -0.39 is 0 Å². The second kappa shape index (κ2) is 4.78. The van der Waals surface area contributed by atoms with Crippen LogP contribution in [-0.2, 0) is 0 Å². The van der Waals surface area contributed by atoms with Gasteiger partial charge in [-0.3, -0.25) is 5.01 Å². The van der Waals surface area contributed by atoms with E-state index >= 15 is 0 Å². The summed E-state index contributed by atoms with van der Waals surface area (Å²) in [6.45, 7) is 2.87. The molecule has 2 aliphatic heterocycles. The van der Waals surface area contributed by atoms with E-state index in [2.05, 4.69) is 18.0 Å². The van der Waals surface area contributed by atoms with Gasteiger partial charge in [-0.1, -0.05) is 23.7 Å². The van der Waals surface area contributed by atoms with Gasteiger partial charge in [-0.2, -0.15) is 5.10 Å². The number of fused-ring (bicyclic) bond motifs is 3. The molecule has 0 fully saturated rings. The minimum Gasteiger partial charge on any atom is -0.492 e. The smallest absolute Gasteiger partial charge is 0.128 e. The molecule has 2 aromatic rings. The largest absolute Gasteiger partial charge is 0.492 e. The average molecular weight is 299 g/mol. The van der Waals surface area contributed by atoms with Gasteiger partial charge in [0.25, 0.3) is 0 Å². The predicted octanol–water partition coefficient (Wildman–Crippen LogP) is 3.96. The number of hydrogen-bond acceptors (Lipinski definition) is 3. The van der Waals surface area contributed by atoms with Crippen molar-refractivity contribution in [2.24, 2.45) is 11.0 Å². The Balaban J connectivity index is 1.77. The lowest BCUT2D eigenvalue weighted by Gasteiger charge is -2.27. The monoisotopic (exact) mass is 298 g/mol. The van der Waals surface area contributed by atoms with Crippen LogP contribution in [0.5, 0.6) is 5.75 Å². The summed E-state index contributed by atoms with van der Waals surface area (Å²) in [7, 11) is 0. The van der Waals surface area contributed by atoms with Crippen molar-refractivity contribution >= 4 is 23.0 Å². The number of nitrogens with zero attached hydrogens (tertiary/aromatic N) is 2. The first-order chi connectivity index (χ1) is 10.2. The lowest BCUT2D eigenvalue weighted by atomic mass is 9.90. The van der Waals surface area contributed by atoms with Gasteiger partial charge in [-0.15, -0.1) is 0 Å². The Kier molecular flexibility index (Phi) is 2.89. The topological polar surface area (TPSA) is 24.8 Å². The van der Waals surface area contributed by atoms with Crippen LogP contribution in [0.25, 0.3) is 0 Å². The Morgan fingerprint density at radius 1 is 1.14 bits per heavy atom. The molecule has 3 nitrogen and oxygen atoms in total. The summed E-state index contributed by atoms with van der Waals surface area (Å²) in [5.41, 5.74) is 3.29. The first-order valence-electron chi connectivity index (χ1n) is 7.09. The Bertz CT molecular complexity index is 711. The number of para-hydroxylation sites is 1. The fourth-order valence-electron chi connectivity index (χ4n) is 3.02. The van der Waals surface area contributed by atoms with E-state index in [1.165, 1.54) is 0 Å². The molecule has 4 heteroatoms. The van der Waals surface area contributed by atoms with Crippen molar-refractivity contribution in [2.75, 3.05) is 11.6 Å². The fourth-order valence-corrected chi connectivity index (χ4v) is 3.15. The molecule has 0 bridgehead atoms. The SMILES string of the molecule is CC1C2COc3ccccc3C2=NN1c1ccc(Cl)cc1. The highest BCUT2D eigenvalue weighted by Crippen LogP contribution is 2.37. The van der Waals surface area contributed by atoms with Gasteiger partial charge in [-0.05, 0) is 43.3 Å². The minimum absolute atomic E-state index is 0.273. The molecular formula is C17H15ClN2O. The summed E-state index contributed by atoms with van der Waals surface area (Å²) in [6.07, 6.45) is 0. The van der Waals surface area contributed by atoms with Crippen LogP contribution in [-0.4, -0.2) is 18.4 Å². The Labute approximate surface area is 128 Å². The molecule has 2 heterocycles. The molecule has 0 saturated heterocycles. The number of hydrogen-bond donors (Lipinski definition) is 0. The summed E-state index contributed by atoms with van der Waals surface area (Å²) in [5.74, 6) is 1.23. The third-order valence-electron chi connectivity index (χ3n) is 4.21. The third-order valence-corrected chi connectivity index (χ3v) is 4.46. The molecule has 0 aliphatic carbocycles. The van der Waals surface area contributed by atoms with E-state index in [4.69, 9.17) is 21.4 Å². The van der Waals surface area contributed by atoms with E-state index in [1.807, 2.05) is 42.5 Å². The maximum Gasteiger partial charge on any atom is 0.128 e. The molecular weight excluding hydrogens is 284 g/mol. The number of halogens is 1. The van der Waals surface area contributed by atoms with Crippen molar-refractivity contribution < 1.29 is 4.74 Å². The molecule has 0 radical (unpaired) electrons. The molecule has 106 valence electrons. The highest BCUT2D eigenvalue weighted by Gasteiger charge is 2.39. The van der Waals surface area contributed by atoms with Crippen LogP contribution in [0.2, 0.25) is 5.02 Å². The van der Waals surface area contributed by atoms with Crippen molar-refractivity contribution in [3.05, 3.63) is 59.1 Å². The van der Waals surface area contributed by atoms with Gasteiger partial charge < -0.3 is 4.74 Å². The number of benzene rings is 2. The predicted molar refractivity (Wildman–Crippen MR) is 85.4 cm³/mol. The van der Waals surface area contributed by atoms with Gasteiger partial charge in [0.1, 0.15) is 5.75 Å². The van der Waals surface area contributed by atoms with Crippen LogP contribution in [0.15, 0.2) is 53.6 Å². The van der Waals surface area contributed by atoms with Gasteiger partial charge in [0, 0.05) is 10.6 Å². The summed E-state index contributed by atoms with van der Waals surface area (Å²) in [5, 5.41) is 7.67. The Hall–Kier alpha value is -2.00. The second-order valence-electron chi connectivity index (χ2n) is 5.46. The van der Waals surface area contributed by atoms with Crippen molar-refractivity contribution in [1.82, 2.24) is 0 Å². The van der Waals surface area contributed by atoms with Gasteiger partial charge in [0.05, 0.1) is 30.0 Å². The zero-order valence-electron chi connectivity index (χ0n) is 11.7. The molecule has 21 heavy (non-hydrogen) atoms. The fraction of sp³-hybridized carbons (Fsp3) is 0.235. The molecule has 2 aromatic carbocycles. The van der Waals surface area contributed by atoms with Crippen LogP contribution in [0.4, 0.5) is 5.69 Å². The molecule has 0 amide bonds. The zero-order valence-corrected chi connectivity index (χ0v) is 12.4. The van der Waals surface area contributed by atoms with Crippen molar-refractivity contribution in [1.29, 1.82) is 0 Å². The number of rotatable bonds is 1. The summed E-state index contributed by atoms with van der Waals surface area (Å²) >= 11 is 5.97. The van der Waals surface area contributed by atoms with Gasteiger partial charge in [-0.25, -0.2) is 0 Å². The average Bonchev–Trinajstić information content (AvgIpc) is 2.86. The Morgan fingerprint density at radius 2 is 1.90 bits per heavy atom. The molecule has 2 aliphatic rings. The lowest BCUT2D eigenvalue weighted by molar-refractivity contribution is 0.264. The van der Waals surface area contributed by atoms with Crippen LogP contribution in [0.3, 0.4) is 0 Å². The molecule has 2 unspecified atom stereocenters. The number of ether oxygens (including phenoxy) is 1. The van der Waals surface area contributed by atoms with E-state index in [1.54, 1.807) is 0 Å². The number of anilines is 1. The standard InChI is InChI=1S/C17H15ClN2O/c1-11-15-10-21-16-5-3-2-4-14(16)17(15)19-20(11)13-8-6-12(18)7-9-13/h2-9,11,15H,10H2,1H3. The van der Waals surface area contributed by atoms with Crippen LogP contribution in [0, 0.1) is 5.92 Å². The summed E-state index contributed by atoms with van der Waals surface area (Å²) in [4.78, 5) is 0. The minimum atomic E-state index is 0.273. The van der Waals surface area contributed by atoms with Gasteiger partial charge in [0.2, 0.25) is 0 Å². The molecule has 2 atom stereocenters. The van der Waals surface area contributed by atoms with Gasteiger partial charge in [0.15, 0.2) is 0 Å². The first-order valence-corrected chi connectivity index (χ1v) is 7.47. The number of hydrazone groups is 1. The maximum atomic E-state index is 5.97. The normalized spacial score (nSPS) is 23.1. The molecule has 4 rings (SSSR count). The Morgan fingerprint density at radius 3 is 2.71 bits per heavy atom. The molecule has 0 spiro atoms. The molecule has 0 aromatic heterocycles. The van der Waals surface area contributed by atoms with Crippen molar-refractivity contribution in [3.63, 3.8) is 0 Å². The zero-order chi connectivity index (χ0) is 14.4. The highest BCUT2D eigenvalue weighted by molar-refractivity contribution is 6.30. The quantitative estimate of drug-likeness (QED) is 0.796. The third kappa shape index (κ3) is 2.00. The van der Waals surface area contributed by atoms with Crippen LogP contribution >= 0.6 is 11.6 Å². The highest BCUT2D eigenvalue weighted by atomic mass is 35.5. The van der Waals surface area contributed by atoms with Crippen LogP contribution < -0.4 is 9.75 Å². The molecule has 0 N–H and O–H groups in total. The van der Waals surface area contributed by atoms with Crippen molar-refractivity contribution in [2.45, 2.75) is 13.0 Å². The van der Waals surface area contributed by atoms with Crippen molar-refractivity contribution in [3.8, 4) is 5.75 Å². The van der Waals surface area contributed by atoms with Crippen LogP contribution in [0.1, 0.15) is 12.5 Å². The summed E-state index contributed by atoms with van der Waals surface area (Å²) < 4.78 is 5.88. The maximum absolute atomic E-state index is 5.97. The first kappa shape index (κ1) is 12.7. The van der Waals surface area contributed by atoms with E-state index in [-0.39, 0.29) is 6.04 Å². The second-order valence-corrected chi connectivity index (χ2v) is 5.90. The summed E-state index contributed by atoms with van der Waals surface area (Å²) in [6, 6.07) is 16.2. The lowest BCUT2D eigenvalue weighted by Crippen LogP contribution is -2.36. The van der Waals surface area contributed by atoms with E-state index in [9.17, 15) is 0 Å². The van der Waals surface area contributed by atoms with E-state index in [0.717, 1.165) is 27.7 Å². The van der Waals surface area contributed by atoms with Gasteiger partial charge >= 0.3 is 0 Å². The van der Waals surface area contributed by atoms with E-state index in [0.29, 0.717) is 12.5 Å².